The molecule has 1 aromatic rings. The largest absolute Gasteiger partial charge is 0.232 e. The van der Waals surface area contributed by atoms with Crippen molar-refractivity contribution in [2.75, 3.05) is 0 Å². The van der Waals surface area contributed by atoms with Crippen LogP contribution in [0.4, 0.5) is 0 Å². The third kappa shape index (κ3) is 2.18. The van der Waals surface area contributed by atoms with E-state index in [2.05, 4.69) is 10.2 Å². The molecule has 0 amide bonds. The Kier molecular flexibility index (Phi) is 3.26. The Morgan fingerprint density at radius 2 is 2.08 bits per heavy atom. The van der Waals surface area contributed by atoms with Crippen LogP contribution in [0, 0.1) is 0 Å². The van der Waals surface area contributed by atoms with Crippen LogP contribution in [-0.2, 0) is 15.7 Å². The standard InChI is InChI=1S/C6H9ClN2O2S2/c1-4(2)13(10,11)6-9-8-5(3-7)12-6/h4H,3H2,1-2H3. The molecule has 0 saturated carbocycles. The average Bonchev–Trinajstić information content (AvgIpc) is 2.51. The zero-order valence-electron chi connectivity index (χ0n) is 7.19. The van der Waals surface area contributed by atoms with Gasteiger partial charge in [0.2, 0.25) is 14.2 Å². The molecule has 7 heteroatoms. The molecule has 0 bridgehead atoms. The summed E-state index contributed by atoms with van der Waals surface area (Å²) in [6.07, 6.45) is 0. The van der Waals surface area contributed by atoms with E-state index in [0.717, 1.165) is 11.3 Å². The lowest BCUT2D eigenvalue weighted by atomic mass is 10.6. The molecule has 4 nitrogen and oxygen atoms in total. The van der Waals surface area contributed by atoms with Gasteiger partial charge in [0, 0.05) is 0 Å². The second-order valence-electron chi connectivity index (χ2n) is 2.69. The number of halogens is 1. The first-order valence-corrected chi connectivity index (χ1v) is 6.50. The summed E-state index contributed by atoms with van der Waals surface area (Å²) < 4.78 is 23.1. The molecular formula is C6H9ClN2O2S2. The average molecular weight is 241 g/mol. The van der Waals surface area contributed by atoms with Crippen molar-refractivity contribution >= 4 is 32.8 Å². The first-order valence-electron chi connectivity index (χ1n) is 3.60. The quantitative estimate of drug-likeness (QED) is 0.751. The van der Waals surface area contributed by atoms with E-state index >= 15 is 0 Å². The molecule has 13 heavy (non-hydrogen) atoms. The molecule has 0 aliphatic heterocycles. The summed E-state index contributed by atoms with van der Waals surface area (Å²) in [4.78, 5) is 0. The Morgan fingerprint density at radius 1 is 1.46 bits per heavy atom. The Hall–Kier alpha value is -0.200. The van der Waals surface area contributed by atoms with Gasteiger partial charge < -0.3 is 0 Å². The molecule has 1 heterocycles. The van der Waals surface area contributed by atoms with Crippen molar-refractivity contribution < 1.29 is 8.42 Å². The predicted octanol–water partition coefficient (Wildman–Crippen LogP) is 1.46. The third-order valence-corrected chi connectivity index (χ3v) is 5.31. The van der Waals surface area contributed by atoms with Crippen molar-refractivity contribution in [3.63, 3.8) is 0 Å². The van der Waals surface area contributed by atoms with Gasteiger partial charge in [-0.05, 0) is 13.8 Å². The second-order valence-corrected chi connectivity index (χ2v) is 6.70. The highest BCUT2D eigenvalue weighted by Gasteiger charge is 2.23. The number of hydrogen-bond acceptors (Lipinski definition) is 5. The van der Waals surface area contributed by atoms with Crippen LogP contribution < -0.4 is 0 Å². The fraction of sp³-hybridized carbons (Fsp3) is 0.667. The summed E-state index contributed by atoms with van der Waals surface area (Å²) in [5.41, 5.74) is 0. The maximum atomic E-state index is 11.5. The maximum Gasteiger partial charge on any atom is 0.232 e. The van der Waals surface area contributed by atoms with Crippen molar-refractivity contribution in [3.8, 4) is 0 Å². The lowest BCUT2D eigenvalue weighted by Crippen LogP contribution is -2.13. The Labute approximate surface area is 85.9 Å². The third-order valence-electron chi connectivity index (χ3n) is 1.43. The van der Waals surface area contributed by atoms with Gasteiger partial charge in [0.15, 0.2) is 0 Å². The second kappa shape index (κ2) is 3.89. The molecule has 0 saturated heterocycles. The molecule has 0 atom stereocenters. The van der Waals surface area contributed by atoms with Gasteiger partial charge in [0.1, 0.15) is 5.01 Å². The molecule has 1 aromatic heterocycles. The highest BCUT2D eigenvalue weighted by atomic mass is 35.5. The monoisotopic (exact) mass is 240 g/mol. The Morgan fingerprint density at radius 3 is 2.46 bits per heavy atom. The topological polar surface area (TPSA) is 59.9 Å². The molecular weight excluding hydrogens is 232 g/mol. The van der Waals surface area contributed by atoms with Gasteiger partial charge in [0.25, 0.3) is 0 Å². The van der Waals surface area contributed by atoms with Crippen LogP contribution in [0.2, 0.25) is 0 Å². The summed E-state index contributed by atoms with van der Waals surface area (Å²) in [5, 5.41) is 7.28. The molecule has 1 rings (SSSR count). The molecule has 0 aromatic carbocycles. The number of nitrogens with zero attached hydrogens (tertiary/aromatic N) is 2. The van der Waals surface area contributed by atoms with Gasteiger partial charge in [0.05, 0.1) is 11.1 Å². The van der Waals surface area contributed by atoms with E-state index in [1.54, 1.807) is 13.8 Å². The summed E-state index contributed by atoms with van der Waals surface area (Å²) in [5.74, 6) is 0.200. The van der Waals surface area contributed by atoms with Crippen LogP contribution in [0.25, 0.3) is 0 Å². The minimum absolute atomic E-state index is 0.0538. The zero-order valence-corrected chi connectivity index (χ0v) is 9.58. The van der Waals surface area contributed by atoms with Crippen molar-refractivity contribution in [2.45, 2.75) is 29.3 Å². The fourth-order valence-electron chi connectivity index (χ4n) is 0.609. The van der Waals surface area contributed by atoms with Gasteiger partial charge in [-0.15, -0.1) is 21.8 Å². The van der Waals surface area contributed by atoms with E-state index in [0.29, 0.717) is 5.01 Å². The van der Waals surface area contributed by atoms with E-state index in [1.807, 2.05) is 0 Å². The number of rotatable bonds is 3. The van der Waals surface area contributed by atoms with Crippen molar-refractivity contribution in [1.82, 2.24) is 10.2 Å². The van der Waals surface area contributed by atoms with E-state index in [-0.39, 0.29) is 10.2 Å². The molecule has 0 unspecified atom stereocenters. The summed E-state index contributed by atoms with van der Waals surface area (Å²) >= 11 is 6.51. The Bertz CT molecular complexity index is 385. The van der Waals surface area contributed by atoms with Crippen LogP contribution in [0.5, 0.6) is 0 Å². The van der Waals surface area contributed by atoms with Gasteiger partial charge in [-0.2, -0.15) is 0 Å². The van der Waals surface area contributed by atoms with Crippen LogP contribution in [0.1, 0.15) is 18.9 Å². The first kappa shape index (κ1) is 10.9. The highest BCUT2D eigenvalue weighted by Crippen LogP contribution is 2.20. The van der Waals surface area contributed by atoms with E-state index in [1.165, 1.54) is 0 Å². The van der Waals surface area contributed by atoms with Gasteiger partial charge in [-0.1, -0.05) is 11.3 Å². The molecule has 0 N–H and O–H groups in total. The maximum absolute atomic E-state index is 11.5. The predicted molar refractivity (Wildman–Crippen MR) is 51.8 cm³/mol. The van der Waals surface area contributed by atoms with Crippen LogP contribution in [-0.4, -0.2) is 23.9 Å². The molecule has 0 aliphatic carbocycles. The molecule has 74 valence electrons. The molecule has 0 spiro atoms. The Balaban J connectivity index is 3.09. The lowest BCUT2D eigenvalue weighted by Gasteiger charge is -2.01. The zero-order chi connectivity index (χ0) is 10.1. The van der Waals surface area contributed by atoms with Crippen LogP contribution >= 0.6 is 22.9 Å². The normalized spacial score (nSPS) is 12.3. The summed E-state index contributed by atoms with van der Waals surface area (Å²) in [6.45, 7) is 3.22. The van der Waals surface area contributed by atoms with Gasteiger partial charge >= 0.3 is 0 Å². The van der Waals surface area contributed by atoms with Gasteiger partial charge in [-0.25, -0.2) is 8.42 Å². The fourth-order valence-corrected chi connectivity index (χ4v) is 3.13. The number of sulfone groups is 1. The highest BCUT2D eigenvalue weighted by molar-refractivity contribution is 7.93. The minimum atomic E-state index is -3.28. The van der Waals surface area contributed by atoms with E-state index in [4.69, 9.17) is 11.6 Å². The van der Waals surface area contributed by atoms with Crippen molar-refractivity contribution in [3.05, 3.63) is 5.01 Å². The number of alkyl halides is 1. The number of hydrogen-bond donors (Lipinski definition) is 0. The summed E-state index contributed by atoms with van der Waals surface area (Å²) in [7, 11) is -3.28. The van der Waals surface area contributed by atoms with Crippen LogP contribution in [0.15, 0.2) is 4.34 Å². The van der Waals surface area contributed by atoms with Gasteiger partial charge in [-0.3, -0.25) is 0 Å². The van der Waals surface area contributed by atoms with Crippen molar-refractivity contribution in [2.24, 2.45) is 0 Å². The number of aromatic nitrogens is 2. The first-order chi connectivity index (χ1) is 5.98. The molecule has 0 radical (unpaired) electrons. The summed E-state index contributed by atoms with van der Waals surface area (Å²) in [6, 6.07) is 0. The SMILES string of the molecule is CC(C)S(=O)(=O)c1nnc(CCl)s1. The minimum Gasteiger partial charge on any atom is -0.221 e. The smallest absolute Gasteiger partial charge is 0.221 e. The molecule has 0 fully saturated rings. The lowest BCUT2D eigenvalue weighted by molar-refractivity contribution is 0.585. The molecule has 0 aliphatic rings. The van der Waals surface area contributed by atoms with Crippen LogP contribution in [0.3, 0.4) is 0 Å². The van der Waals surface area contributed by atoms with Crippen molar-refractivity contribution in [1.29, 1.82) is 0 Å². The van der Waals surface area contributed by atoms with E-state index < -0.39 is 15.1 Å². The van der Waals surface area contributed by atoms with E-state index in [9.17, 15) is 8.42 Å².